The van der Waals surface area contributed by atoms with Crippen molar-refractivity contribution in [2.45, 2.75) is 156 Å². The Balaban J connectivity index is 0.00000741. The highest BCUT2D eigenvalue weighted by Gasteiger charge is 2.47. The van der Waals surface area contributed by atoms with Gasteiger partial charge >= 0.3 is 0 Å². The molecule has 3 aromatic rings. The van der Waals surface area contributed by atoms with E-state index in [-0.39, 0.29) is 104 Å². The van der Waals surface area contributed by atoms with E-state index in [9.17, 15) is 38.4 Å². The van der Waals surface area contributed by atoms with Crippen LogP contribution in [0.2, 0.25) is 0 Å². The van der Waals surface area contributed by atoms with Gasteiger partial charge in [0.15, 0.2) is 5.69 Å². The van der Waals surface area contributed by atoms with Crippen molar-refractivity contribution in [2.75, 3.05) is 27.2 Å². The number of amides is 7. The zero-order valence-corrected chi connectivity index (χ0v) is 47.1. The van der Waals surface area contributed by atoms with E-state index in [1.807, 2.05) is 116 Å². The van der Waals surface area contributed by atoms with Crippen molar-refractivity contribution in [3.8, 4) is 0 Å². The van der Waals surface area contributed by atoms with Gasteiger partial charge in [-0.25, -0.2) is 0 Å². The molecule has 10 atom stereocenters. The number of benzene rings is 2. The fourth-order valence-corrected chi connectivity index (χ4v) is 9.37. The minimum absolute atomic E-state index is 0. The number of H-pyrrole nitrogens is 1. The fraction of sp³-hybridized carbons (Fsp3) is 0.574. The molecule has 3 heterocycles. The molecule has 7 amide bonds. The number of carbonyl (C=O) groups excluding carboxylic acids is 8. The SMILES string of the molecule is CN[C@@H](C)C(=O)C[C@H](C(=O)N1CC(NC(=O)c2cc(C(=O)NC3C[C@@H](C(=O)N[C@H](C)Cc4ccccc4)N(C(=O)[C@@H](NC(=O)[C@H](C)NC)C(C)(C)C)C3)[nH]n2)C[C@H]1C(=O)N[C@H](C)Cc1ccccc1)C(C)(C)C.Cl.Cl. The summed E-state index contributed by atoms with van der Waals surface area (Å²) < 4.78 is 0. The normalized spacial score (nSPS) is 19.9. The van der Waals surface area contributed by atoms with E-state index >= 15 is 0 Å². The van der Waals surface area contributed by atoms with Gasteiger partial charge < -0.3 is 47.0 Å². The number of Topliss-reactive ketones (excluding diaryl/α,β-unsaturated/α-hetero) is 1. The second-order valence-corrected chi connectivity index (χ2v) is 22.1. The Bertz CT molecular complexity index is 2270. The summed E-state index contributed by atoms with van der Waals surface area (Å²) in [7, 11) is 3.31. The van der Waals surface area contributed by atoms with Gasteiger partial charge in [0, 0.05) is 55.7 Å². The predicted molar refractivity (Wildman–Crippen MR) is 292 cm³/mol. The van der Waals surface area contributed by atoms with Crippen molar-refractivity contribution >= 4 is 71.9 Å². The summed E-state index contributed by atoms with van der Waals surface area (Å²) in [5.41, 5.74) is 0.464. The fourth-order valence-electron chi connectivity index (χ4n) is 9.37. The number of nitrogens with one attached hydrogen (secondary N) is 8. The molecule has 0 spiro atoms. The van der Waals surface area contributed by atoms with E-state index in [4.69, 9.17) is 0 Å². The lowest BCUT2D eigenvalue weighted by molar-refractivity contribution is -0.146. The maximum absolute atomic E-state index is 14.6. The van der Waals surface area contributed by atoms with Crippen LogP contribution in [0.5, 0.6) is 0 Å². The van der Waals surface area contributed by atoms with Gasteiger partial charge in [0.1, 0.15) is 29.6 Å². The van der Waals surface area contributed by atoms with Crippen molar-refractivity contribution in [2.24, 2.45) is 16.7 Å². The minimum atomic E-state index is -1.01. The molecule has 1 aromatic heterocycles. The van der Waals surface area contributed by atoms with Gasteiger partial charge in [-0.1, -0.05) is 102 Å². The van der Waals surface area contributed by atoms with Gasteiger partial charge in [0.2, 0.25) is 29.5 Å². The quantitative estimate of drug-likeness (QED) is 0.0766. The van der Waals surface area contributed by atoms with Crippen LogP contribution in [0.3, 0.4) is 0 Å². The summed E-state index contributed by atoms with van der Waals surface area (Å²) in [4.78, 5) is 114. The Labute approximate surface area is 454 Å². The summed E-state index contributed by atoms with van der Waals surface area (Å²) in [6.07, 6.45) is 1.21. The monoisotopic (exact) mass is 1080 g/mol. The molecule has 8 N–H and O–H groups in total. The molecule has 0 saturated carbocycles. The predicted octanol–water partition coefficient (Wildman–Crippen LogP) is 3.51. The minimum Gasteiger partial charge on any atom is -0.352 e. The van der Waals surface area contributed by atoms with Crippen LogP contribution in [0.4, 0.5) is 0 Å². The van der Waals surface area contributed by atoms with Crippen LogP contribution < -0.4 is 37.2 Å². The molecule has 5 rings (SSSR count). The number of hydrogen-bond acceptors (Lipinski definition) is 11. The van der Waals surface area contributed by atoms with Crippen molar-refractivity contribution in [1.82, 2.24) is 57.2 Å². The molecule has 2 aromatic carbocycles. The zero-order chi connectivity index (χ0) is 53.9. The van der Waals surface area contributed by atoms with Crippen LogP contribution in [-0.2, 0) is 41.6 Å². The lowest BCUT2D eigenvalue weighted by Crippen LogP contribution is -2.60. The van der Waals surface area contributed by atoms with Crippen molar-refractivity contribution in [3.05, 3.63) is 89.2 Å². The second kappa shape index (κ2) is 27.8. The second-order valence-electron chi connectivity index (χ2n) is 22.1. The Morgan fingerprint density at radius 3 is 1.52 bits per heavy atom. The first-order valence-corrected chi connectivity index (χ1v) is 25.4. The molecule has 0 aliphatic carbocycles. The Kier molecular flexibility index (Phi) is 23.5. The summed E-state index contributed by atoms with van der Waals surface area (Å²) in [5, 5.41) is 27.4. The first kappa shape index (κ1) is 63.4. The smallest absolute Gasteiger partial charge is 0.272 e. The molecular formula is C54H81Cl2N11O8. The maximum Gasteiger partial charge on any atom is 0.272 e. The van der Waals surface area contributed by atoms with Gasteiger partial charge in [-0.15, -0.1) is 24.8 Å². The highest BCUT2D eigenvalue weighted by molar-refractivity contribution is 5.99. The number of nitrogens with zero attached hydrogens (tertiary/aromatic N) is 3. The van der Waals surface area contributed by atoms with Crippen LogP contribution in [0.25, 0.3) is 0 Å². The molecule has 414 valence electrons. The number of rotatable bonds is 21. The number of hydrogen-bond donors (Lipinski definition) is 8. The largest absolute Gasteiger partial charge is 0.352 e. The van der Waals surface area contributed by atoms with E-state index in [1.54, 1.807) is 27.9 Å². The van der Waals surface area contributed by atoms with Crippen molar-refractivity contribution in [1.29, 1.82) is 0 Å². The third-order valence-electron chi connectivity index (χ3n) is 13.9. The van der Waals surface area contributed by atoms with Crippen molar-refractivity contribution < 1.29 is 38.4 Å². The lowest BCUT2D eigenvalue weighted by atomic mass is 9.76. The van der Waals surface area contributed by atoms with Crippen LogP contribution >= 0.6 is 24.8 Å². The molecule has 2 saturated heterocycles. The van der Waals surface area contributed by atoms with Crippen LogP contribution in [0.15, 0.2) is 66.7 Å². The molecule has 2 unspecified atom stereocenters. The number of aromatic nitrogens is 2. The summed E-state index contributed by atoms with van der Waals surface area (Å²) in [6, 6.07) is 14.6. The molecule has 2 aliphatic rings. The summed E-state index contributed by atoms with van der Waals surface area (Å²) >= 11 is 0. The molecule has 0 bridgehead atoms. The van der Waals surface area contributed by atoms with Gasteiger partial charge in [0.05, 0.1) is 12.1 Å². The average Bonchev–Trinajstić information content (AvgIpc) is 4.11. The summed E-state index contributed by atoms with van der Waals surface area (Å²) in [5.74, 6) is -4.22. The third kappa shape index (κ3) is 17.3. The van der Waals surface area contributed by atoms with Gasteiger partial charge in [0.25, 0.3) is 11.8 Å². The third-order valence-corrected chi connectivity index (χ3v) is 13.9. The standard InChI is InChI=1S/C54H79N11O8.2ClH/c1-31(23-35-19-15-13-16-20-35)57-49(70)42-25-37(29-64(42)51(72)39(53(5,6)7)27-44(66)33(3)55-11)59-47(68)40-28-41(63-62-40)48(69)60-38-26-43(50(71)58-32(2)24-36-21-17-14-18-22-36)65(30-38)52(73)45(54(8,9)10)61-46(67)34(4)56-12;;/h13-22,28,31-34,37-39,42-43,45,55-56H,23-27,29-30H2,1-12H3,(H,57,70)(H,58,71)(H,59,68)(H,60,69)(H,61,67)(H,62,63);2*1H/t31-,32-,33+,34+,37?,38?,39-,42+,43+,45-;;/m1../s1. The van der Waals surface area contributed by atoms with Crippen LogP contribution in [-0.4, -0.2) is 149 Å². The Morgan fingerprint density at radius 2 is 1.08 bits per heavy atom. The number of ketones is 1. The number of aromatic amines is 1. The van der Waals surface area contributed by atoms with E-state index in [0.29, 0.717) is 12.8 Å². The first-order valence-electron chi connectivity index (χ1n) is 25.4. The lowest BCUT2D eigenvalue weighted by Gasteiger charge is -2.36. The molecule has 21 heteroatoms. The zero-order valence-electron chi connectivity index (χ0n) is 45.5. The maximum atomic E-state index is 14.6. The number of likely N-dealkylation sites (N-methyl/N-ethyl adjacent to an activating group) is 2. The van der Waals surface area contributed by atoms with E-state index in [2.05, 4.69) is 47.4 Å². The topological polar surface area (TPSA) is 256 Å². The number of likely N-dealkylation sites (tertiary alicyclic amines) is 2. The molecule has 19 nitrogen and oxygen atoms in total. The Hall–Kier alpha value is -5.89. The molecule has 75 heavy (non-hydrogen) atoms. The summed E-state index contributed by atoms with van der Waals surface area (Å²) in [6.45, 7) is 18.2. The van der Waals surface area contributed by atoms with E-state index < -0.39 is 82.7 Å². The van der Waals surface area contributed by atoms with Gasteiger partial charge in [-0.3, -0.25) is 43.5 Å². The molecule has 2 fully saturated rings. The molecule has 0 radical (unpaired) electrons. The molecule has 2 aliphatic heterocycles. The highest BCUT2D eigenvalue weighted by Crippen LogP contribution is 2.34. The van der Waals surface area contributed by atoms with Crippen LogP contribution in [0, 0.1) is 16.7 Å². The van der Waals surface area contributed by atoms with Gasteiger partial charge in [-0.2, -0.15) is 5.10 Å². The molecular weight excluding hydrogens is 1000 g/mol. The van der Waals surface area contributed by atoms with E-state index in [0.717, 1.165) is 11.1 Å². The van der Waals surface area contributed by atoms with Crippen LogP contribution in [0.1, 0.15) is 121 Å². The average molecular weight is 1080 g/mol. The highest BCUT2D eigenvalue weighted by atomic mass is 35.5. The van der Waals surface area contributed by atoms with E-state index in [1.165, 1.54) is 15.9 Å². The van der Waals surface area contributed by atoms with Gasteiger partial charge in [-0.05, 0) is 89.4 Å². The number of carbonyl (C=O) groups is 8. The van der Waals surface area contributed by atoms with Crippen molar-refractivity contribution in [3.63, 3.8) is 0 Å². The Morgan fingerprint density at radius 1 is 0.627 bits per heavy atom. The number of halogens is 2. The first-order chi connectivity index (χ1) is 34.3.